The fraction of sp³-hybridized carbons (Fsp3) is 0.588. The van der Waals surface area contributed by atoms with Gasteiger partial charge in [0, 0.05) is 25.8 Å². The first-order chi connectivity index (χ1) is 10.2. The van der Waals surface area contributed by atoms with Crippen molar-refractivity contribution in [1.82, 2.24) is 5.32 Å². The van der Waals surface area contributed by atoms with Gasteiger partial charge < -0.3 is 15.8 Å². The van der Waals surface area contributed by atoms with Crippen LogP contribution in [0.2, 0.25) is 0 Å². The van der Waals surface area contributed by atoms with E-state index >= 15 is 0 Å². The lowest BCUT2D eigenvalue weighted by Crippen LogP contribution is -2.50. The average Bonchev–Trinajstić information content (AvgIpc) is 3.38. The zero-order valence-electron chi connectivity index (χ0n) is 12.4. The Labute approximate surface area is 126 Å². The van der Waals surface area contributed by atoms with Crippen LogP contribution in [0.5, 0.6) is 0 Å². The second-order valence-electron chi connectivity index (χ2n) is 6.27. The van der Waals surface area contributed by atoms with Crippen molar-refractivity contribution in [2.75, 3.05) is 19.8 Å². The van der Waals surface area contributed by atoms with Gasteiger partial charge in [-0.3, -0.25) is 4.79 Å². The molecule has 3 rings (SSSR count). The van der Waals surface area contributed by atoms with E-state index in [0.717, 1.165) is 18.4 Å². The van der Waals surface area contributed by atoms with E-state index in [9.17, 15) is 4.79 Å². The van der Waals surface area contributed by atoms with Crippen molar-refractivity contribution >= 4 is 5.91 Å². The van der Waals surface area contributed by atoms with Crippen molar-refractivity contribution in [1.29, 1.82) is 0 Å². The molecule has 1 aromatic rings. The Morgan fingerprint density at radius 1 is 1.29 bits per heavy atom. The van der Waals surface area contributed by atoms with Crippen molar-refractivity contribution in [3.8, 4) is 0 Å². The smallest absolute Gasteiger partial charge is 0.230 e. The molecule has 4 nitrogen and oxygen atoms in total. The molecule has 1 aliphatic heterocycles. The number of carbonyl (C=O) groups is 1. The number of hydrogen-bond donors (Lipinski definition) is 2. The number of amides is 1. The molecule has 2 fully saturated rings. The molecule has 0 spiro atoms. The minimum absolute atomic E-state index is 0.0987. The SMILES string of the molecule is NC(CNC(=O)C1(c2ccccc2)CCOCC1)C1CC1. The number of nitrogens with two attached hydrogens (primary N) is 1. The molecule has 1 aliphatic carbocycles. The molecule has 0 aromatic heterocycles. The number of hydrogen-bond acceptors (Lipinski definition) is 3. The lowest BCUT2D eigenvalue weighted by atomic mass is 9.73. The Bertz CT molecular complexity index is 479. The molecule has 114 valence electrons. The van der Waals surface area contributed by atoms with Crippen molar-refractivity contribution in [2.45, 2.75) is 37.1 Å². The fourth-order valence-corrected chi connectivity index (χ4v) is 3.19. The first kappa shape index (κ1) is 14.5. The molecular weight excluding hydrogens is 264 g/mol. The van der Waals surface area contributed by atoms with Crippen LogP contribution in [0.4, 0.5) is 0 Å². The van der Waals surface area contributed by atoms with E-state index < -0.39 is 5.41 Å². The summed E-state index contributed by atoms with van der Waals surface area (Å²) in [6, 6.07) is 10.2. The second kappa shape index (κ2) is 6.16. The summed E-state index contributed by atoms with van der Waals surface area (Å²) in [5, 5.41) is 3.09. The van der Waals surface area contributed by atoms with Crippen molar-refractivity contribution in [3.05, 3.63) is 35.9 Å². The van der Waals surface area contributed by atoms with Crippen LogP contribution in [-0.4, -0.2) is 31.7 Å². The predicted octanol–water partition coefficient (Wildman–Crippen LogP) is 1.59. The third-order valence-corrected chi connectivity index (χ3v) is 4.83. The molecule has 3 N–H and O–H groups in total. The van der Waals surface area contributed by atoms with Crippen LogP contribution >= 0.6 is 0 Å². The van der Waals surface area contributed by atoms with Gasteiger partial charge >= 0.3 is 0 Å². The monoisotopic (exact) mass is 288 g/mol. The van der Waals surface area contributed by atoms with E-state index in [4.69, 9.17) is 10.5 Å². The number of nitrogens with one attached hydrogen (secondary N) is 1. The summed E-state index contributed by atoms with van der Waals surface area (Å²) >= 11 is 0. The zero-order valence-corrected chi connectivity index (χ0v) is 12.4. The second-order valence-corrected chi connectivity index (χ2v) is 6.27. The Morgan fingerprint density at radius 3 is 2.57 bits per heavy atom. The maximum Gasteiger partial charge on any atom is 0.230 e. The van der Waals surface area contributed by atoms with Crippen LogP contribution in [-0.2, 0) is 14.9 Å². The molecule has 1 saturated carbocycles. The largest absolute Gasteiger partial charge is 0.381 e. The third-order valence-electron chi connectivity index (χ3n) is 4.83. The molecule has 1 aromatic carbocycles. The van der Waals surface area contributed by atoms with Crippen molar-refractivity contribution in [2.24, 2.45) is 11.7 Å². The summed E-state index contributed by atoms with van der Waals surface area (Å²) in [6.07, 6.45) is 3.88. The van der Waals surface area contributed by atoms with E-state index in [-0.39, 0.29) is 11.9 Å². The lowest BCUT2D eigenvalue weighted by molar-refractivity contribution is -0.130. The fourth-order valence-electron chi connectivity index (χ4n) is 3.19. The minimum Gasteiger partial charge on any atom is -0.381 e. The first-order valence-electron chi connectivity index (χ1n) is 7.89. The third kappa shape index (κ3) is 3.11. The van der Waals surface area contributed by atoms with Crippen LogP contribution in [0, 0.1) is 5.92 Å². The van der Waals surface area contributed by atoms with Crippen LogP contribution in [0.1, 0.15) is 31.2 Å². The summed E-state index contributed by atoms with van der Waals surface area (Å²) < 4.78 is 5.47. The van der Waals surface area contributed by atoms with Gasteiger partial charge in [-0.2, -0.15) is 0 Å². The van der Waals surface area contributed by atoms with Crippen LogP contribution in [0.15, 0.2) is 30.3 Å². The topological polar surface area (TPSA) is 64.3 Å². The molecule has 1 saturated heterocycles. The maximum absolute atomic E-state index is 12.8. The van der Waals surface area contributed by atoms with Gasteiger partial charge in [0.1, 0.15) is 0 Å². The van der Waals surface area contributed by atoms with Gasteiger partial charge in [-0.1, -0.05) is 30.3 Å². The van der Waals surface area contributed by atoms with Crippen LogP contribution in [0.3, 0.4) is 0 Å². The standard InChI is InChI=1S/C17H24N2O2/c18-15(13-6-7-13)12-19-16(20)17(8-10-21-11-9-17)14-4-2-1-3-5-14/h1-5,13,15H,6-12,18H2,(H,19,20). The lowest BCUT2D eigenvalue weighted by Gasteiger charge is -2.36. The van der Waals surface area contributed by atoms with E-state index in [2.05, 4.69) is 5.32 Å². The number of rotatable bonds is 5. The van der Waals surface area contributed by atoms with Crippen LogP contribution < -0.4 is 11.1 Å². The summed E-state index contributed by atoms with van der Waals surface area (Å²) in [7, 11) is 0. The van der Waals surface area contributed by atoms with E-state index in [0.29, 0.717) is 25.7 Å². The normalized spacial score (nSPS) is 22.5. The predicted molar refractivity (Wildman–Crippen MR) is 81.9 cm³/mol. The van der Waals surface area contributed by atoms with Gasteiger partial charge in [0.2, 0.25) is 5.91 Å². The van der Waals surface area contributed by atoms with E-state index in [1.54, 1.807) is 0 Å². The molecule has 4 heteroatoms. The van der Waals surface area contributed by atoms with Gasteiger partial charge in [-0.05, 0) is 37.2 Å². The quantitative estimate of drug-likeness (QED) is 0.865. The highest BCUT2D eigenvalue weighted by Crippen LogP contribution is 2.35. The molecule has 1 unspecified atom stereocenters. The summed E-state index contributed by atoms with van der Waals surface area (Å²) in [4.78, 5) is 12.8. The summed E-state index contributed by atoms with van der Waals surface area (Å²) in [6.45, 7) is 1.85. The number of ether oxygens (including phenoxy) is 1. The highest BCUT2D eigenvalue weighted by molar-refractivity contribution is 5.88. The Balaban J connectivity index is 1.73. The number of benzene rings is 1. The first-order valence-corrected chi connectivity index (χ1v) is 7.89. The van der Waals surface area contributed by atoms with E-state index in [1.165, 1.54) is 12.8 Å². The van der Waals surface area contributed by atoms with Gasteiger partial charge in [0.05, 0.1) is 5.41 Å². The average molecular weight is 288 g/mol. The Morgan fingerprint density at radius 2 is 1.95 bits per heavy atom. The van der Waals surface area contributed by atoms with E-state index in [1.807, 2.05) is 30.3 Å². The van der Waals surface area contributed by atoms with Crippen molar-refractivity contribution < 1.29 is 9.53 Å². The van der Waals surface area contributed by atoms with Gasteiger partial charge in [-0.15, -0.1) is 0 Å². The molecule has 1 atom stereocenters. The van der Waals surface area contributed by atoms with Crippen molar-refractivity contribution in [3.63, 3.8) is 0 Å². The molecule has 0 radical (unpaired) electrons. The Kier molecular flexibility index (Phi) is 4.27. The summed E-state index contributed by atoms with van der Waals surface area (Å²) in [5.41, 5.74) is 6.73. The molecular formula is C17H24N2O2. The van der Waals surface area contributed by atoms with Crippen LogP contribution in [0.25, 0.3) is 0 Å². The minimum atomic E-state index is -0.456. The molecule has 21 heavy (non-hydrogen) atoms. The molecule has 1 heterocycles. The van der Waals surface area contributed by atoms with Gasteiger partial charge in [0.25, 0.3) is 0 Å². The highest BCUT2D eigenvalue weighted by Gasteiger charge is 2.42. The maximum atomic E-state index is 12.8. The highest BCUT2D eigenvalue weighted by atomic mass is 16.5. The summed E-state index contributed by atoms with van der Waals surface area (Å²) in [5.74, 6) is 0.709. The van der Waals surface area contributed by atoms with Gasteiger partial charge in [-0.25, -0.2) is 0 Å². The zero-order chi connectivity index (χ0) is 14.7. The van der Waals surface area contributed by atoms with Gasteiger partial charge in [0.15, 0.2) is 0 Å². The molecule has 0 bridgehead atoms. The molecule has 1 amide bonds. The Hall–Kier alpha value is -1.39. The molecule has 2 aliphatic rings. The number of carbonyl (C=O) groups excluding carboxylic acids is 1.